The van der Waals surface area contributed by atoms with Gasteiger partial charge in [0.1, 0.15) is 48.8 Å². The van der Waals surface area contributed by atoms with Crippen LogP contribution in [0.25, 0.3) is 0 Å². The molecule has 10 nitrogen and oxygen atoms in total. The predicted molar refractivity (Wildman–Crippen MR) is 68.5 cm³/mol. The van der Waals surface area contributed by atoms with Crippen LogP contribution in [0.4, 0.5) is 0 Å². The maximum Gasteiger partial charge on any atom is 0.195 e. The quantitative estimate of drug-likeness (QED) is 0.234. The van der Waals surface area contributed by atoms with Crippen LogP contribution in [0, 0.1) is 0 Å². The van der Waals surface area contributed by atoms with E-state index in [4.69, 9.17) is 14.9 Å². The average Bonchev–Trinajstić information content (AvgIpc) is 2.50. The lowest BCUT2D eigenvalue weighted by Crippen LogP contribution is -2.63. The van der Waals surface area contributed by atoms with Gasteiger partial charge >= 0.3 is 0 Å². The van der Waals surface area contributed by atoms with Crippen LogP contribution in [0.3, 0.4) is 0 Å². The molecule has 9 atom stereocenters. The van der Waals surface area contributed by atoms with Crippen LogP contribution in [0.2, 0.25) is 0 Å². The summed E-state index contributed by atoms with van der Waals surface area (Å²) in [5.41, 5.74) is 0. The van der Waals surface area contributed by atoms with Crippen LogP contribution >= 0.6 is 0 Å². The van der Waals surface area contributed by atoms with Gasteiger partial charge in [0.15, 0.2) is 5.78 Å². The zero-order chi connectivity index (χ0) is 17.2. The second-order valence-electron chi connectivity index (χ2n) is 5.32. The van der Waals surface area contributed by atoms with Crippen molar-refractivity contribution in [3.63, 3.8) is 0 Å². The molecule has 22 heavy (non-hydrogen) atoms. The zero-order valence-corrected chi connectivity index (χ0v) is 11.8. The number of ketones is 1. The Kier molecular flexibility index (Phi) is 6.80. The number of ether oxygens (including phenoxy) is 1. The molecule has 1 aliphatic heterocycles. The number of rotatable bonds is 6. The second-order valence-corrected chi connectivity index (χ2v) is 5.32. The number of carbonyl (C=O) groups excluding carboxylic acids is 1. The molecule has 1 heterocycles. The summed E-state index contributed by atoms with van der Waals surface area (Å²) in [7, 11) is 0. The molecule has 1 saturated heterocycles. The van der Waals surface area contributed by atoms with Crippen molar-refractivity contribution in [1.29, 1.82) is 0 Å². The molecule has 0 bridgehead atoms. The Morgan fingerprint density at radius 1 is 1.00 bits per heavy atom. The average molecular weight is 326 g/mol. The largest absolute Gasteiger partial charge is 0.394 e. The van der Waals surface area contributed by atoms with E-state index >= 15 is 0 Å². The van der Waals surface area contributed by atoms with Gasteiger partial charge in [0.05, 0.1) is 12.7 Å². The molecular weight excluding hydrogens is 304 g/mol. The highest BCUT2D eigenvalue weighted by Gasteiger charge is 2.49. The molecule has 0 amide bonds. The number of hydrogen-bond acceptors (Lipinski definition) is 10. The van der Waals surface area contributed by atoms with Crippen molar-refractivity contribution in [2.75, 3.05) is 6.61 Å². The van der Waals surface area contributed by atoms with E-state index in [0.29, 0.717) is 0 Å². The van der Waals surface area contributed by atoms with E-state index in [0.717, 1.165) is 6.92 Å². The lowest BCUT2D eigenvalue weighted by Gasteiger charge is -2.40. The first-order chi connectivity index (χ1) is 10.1. The Morgan fingerprint density at radius 2 is 1.55 bits per heavy atom. The normalized spacial score (nSPS) is 38.1. The molecule has 1 aliphatic rings. The summed E-state index contributed by atoms with van der Waals surface area (Å²) in [6.45, 7) is 0.364. The summed E-state index contributed by atoms with van der Waals surface area (Å²) in [5.74, 6) is -1.27. The number of carbonyl (C=O) groups is 1. The van der Waals surface area contributed by atoms with Gasteiger partial charge in [0.25, 0.3) is 0 Å². The monoisotopic (exact) mass is 326 g/mol. The Labute approximate surface area is 125 Å². The Hall–Kier alpha value is -0.690. The Bertz CT molecular complexity index is 373. The third kappa shape index (κ3) is 3.79. The van der Waals surface area contributed by atoms with Gasteiger partial charge in [0, 0.05) is 0 Å². The number of aliphatic hydroxyl groups is 8. The van der Waals surface area contributed by atoms with Gasteiger partial charge in [-0.2, -0.15) is 0 Å². The standard InChI is InChI=1S/C12H22O10/c1-3(14)5(15)7(17)9(19)11(21)12-10(20)8(18)6(16)4(2-13)22-12/h3-10,12-20H,2H2,1H3/t3-,4+,5-,6-,7+,8-,9+,10+,12?/m0/s1. The van der Waals surface area contributed by atoms with Gasteiger partial charge in [-0.25, -0.2) is 0 Å². The van der Waals surface area contributed by atoms with E-state index in [-0.39, 0.29) is 0 Å². The molecule has 130 valence electrons. The first-order valence-electron chi connectivity index (χ1n) is 6.70. The maximum atomic E-state index is 12.0. The maximum absolute atomic E-state index is 12.0. The minimum atomic E-state index is -2.22. The molecule has 10 heteroatoms. The molecule has 0 aromatic rings. The van der Waals surface area contributed by atoms with E-state index in [1.165, 1.54) is 0 Å². The summed E-state index contributed by atoms with van der Waals surface area (Å²) < 4.78 is 4.93. The summed E-state index contributed by atoms with van der Waals surface area (Å²) >= 11 is 0. The molecule has 0 aliphatic carbocycles. The number of hydrogen-bond donors (Lipinski definition) is 8. The number of Topliss-reactive ketones (excluding diaryl/α,β-unsaturated/α-hetero) is 1. The molecule has 0 radical (unpaired) electrons. The fourth-order valence-corrected chi connectivity index (χ4v) is 2.15. The lowest BCUT2D eigenvalue weighted by atomic mass is 9.89. The van der Waals surface area contributed by atoms with Crippen molar-refractivity contribution in [2.45, 2.75) is 61.9 Å². The molecule has 1 unspecified atom stereocenters. The third-order valence-corrected chi connectivity index (χ3v) is 3.63. The highest BCUT2D eigenvalue weighted by Crippen LogP contribution is 2.23. The molecule has 1 rings (SSSR count). The van der Waals surface area contributed by atoms with Crippen LogP contribution in [0.1, 0.15) is 6.92 Å². The highest BCUT2D eigenvalue weighted by atomic mass is 16.5. The topological polar surface area (TPSA) is 188 Å². The van der Waals surface area contributed by atoms with Gasteiger partial charge in [-0.3, -0.25) is 4.79 Å². The molecule has 0 aromatic carbocycles. The molecular formula is C12H22O10. The molecule has 8 N–H and O–H groups in total. The highest BCUT2D eigenvalue weighted by molar-refractivity contribution is 5.88. The van der Waals surface area contributed by atoms with E-state index in [1.807, 2.05) is 0 Å². The summed E-state index contributed by atoms with van der Waals surface area (Å²) in [6.07, 6.45) is -16.1. The van der Waals surface area contributed by atoms with E-state index in [1.54, 1.807) is 0 Å². The first-order valence-corrected chi connectivity index (χ1v) is 6.70. The van der Waals surface area contributed by atoms with Gasteiger partial charge in [-0.05, 0) is 6.92 Å². The molecule has 0 spiro atoms. The molecule has 0 saturated carbocycles. The van der Waals surface area contributed by atoms with Gasteiger partial charge < -0.3 is 45.6 Å². The van der Waals surface area contributed by atoms with Crippen molar-refractivity contribution in [1.82, 2.24) is 0 Å². The van der Waals surface area contributed by atoms with Crippen molar-refractivity contribution < 1.29 is 50.4 Å². The second kappa shape index (κ2) is 7.73. The summed E-state index contributed by atoms with van der Waals surface area (Å²) in [6, 6.07) is 0. The smallest absolute Gasteiger partial charge is 0.195 e. The minimum Gasteiger partial charge on any atom is -0.394 e. The Morgan fingerprint density at radius 3 is 2.00 bits per heavy atom. The minimum absolute atomic E-state index is 0.760. The van der Waals surface area contributed by atoms with E-state index < -0.39 is 67.3 Å². The van der Waals surface area contributed by atoms with Crippen LogP contribution in [-0.4, -0.2) is 108 Å². The van der Waals surface area contributed by atoms with Gasteiger partial charge in [0.2, 0.25) is 0 Å². The van der Waals surface area contributed by atoms with Crippen molar-refractivity contribution in [3.8, 4) is 0 Å². The molecule has 1 fully saturated rings. The van der Waals surface area contributed by atoms with Crippen molar-refractivity contribution >= 4 is 5.78 Å². The summed E-state index contributed by atoms with van der Waals surface area (Å²) in [5, 5.41) is 75.7. The fraction of sp³-hybridized carbons (Fsp3) is 0.917. The summed E-state index contributed by atoms with van der Waals surface area (Å²) in [4.78, 5) is 12.0. The lowest BCUT2D eigenvalue weighted by molar-refractivity contribution is -0.231. The van der Waals surface area contributed by atoms with Crippen LogP contribution in [0.15, 0.2) is 0 Å². The SMILES string of the molecule is C[C@H](O)[C@H](O)[C@@H](O)[C@@H](O)C(=O)C1O[C@H](CO)[C@H](O)[C@H](O)[C@H]1O. The van der Waals surface area contributed by atoms with Crippen molar-refractivity contribution in [2.24, 2.45) is 0 Å². The zero-order valence-electron chi connectivity index (χ0n) is 11.8. The third-order valence-electron chi connectivity index (χ3n) is 3.63. The van der Waals surface area contributed by atoms with Crippen molar-refractivity contribution in [3.05, 3.63) is 0 Å². The van der Waals surface area contributed by atoms with Crippen LogP contribution in [0.5, 0.6) is 0 Å². The van der Waals surface area contributed by atoms with E-state index in [2.05, 4.69) is 0 Å². The molecule has 0 aromatic heterocycles. The Balaban J connectivity index is 2.86. The fourth-order valence-electron chi connectivity index (χ4n) is 2.15. The first kappa shape index (κ1) is 19.4. The van der Waals surface area contributed by atoms with Gasteiger partial charge in [-0.15, -0.1) is 0 Å². The van der Waals surface area contributed by atoms with Crippen LogP contribution < -0.4 is 0 Å². The number of aliphatic hydroxyl groups excluding tert-OH is 8. The predicted octanol–water partition coefficient (Wildman–Crippen LogP) is -5.14. The van der Waals surface area contributed by atoms with Gasteiger partial charge in [-0.1, -0.05) is 0 Å². The van der Waals surface area contributed by atoms with Crippen LogP contribution in [-0.2, 0) is 9.53 Å². The van der Waals surface area contributed by atoms with E-state index in [9.17, 15) is 35.4 Å².